The summed E-state index contributed by atoms with van der Waals surface area (Å²) in [6, 6.07) is 11.2. The molecule has 0 radical (unpaired) electrons. The number of sulfone groups is 1. The zero-order valence-electron chi connectivity index (χ0n) is 16.2. The second-order valence-electron chi connectivity index (χ2n) is 7.69. The van der Waals surface area contributed by atoms with Crippen LogP contribution in [0.15, 0.2) is 64.4 Å². The number of piperidine rings is 1. The number of nitrogens with zero attached hydrogens (tertiary/aromatic N) is 1. The second kappa shape index (κ2) is 7.79. The Morgan fingerprint density at radius 1 is 0.806 bits per heavy atom. The lowest BCUT2D eigenvalue weighted by atomic mass is 10.1. The molecular formula is C20H20F3NO5S2. The molecule has 2 heterocycles. The first-order valence-electron chi connectivity index (χ1n) is 9.67. The van der Waals surface area contributed by atoms with Gasteiger partial charge in [0, 0.05) is 12.1 Å². The molecule has 168 valence electrons. The van der Waals surface area contributed by atoms with Gasteiger partial charge >= 0.3 is 6.36 Å². The number of alkyl halides is 3. The van der Waals surface area contributed by atoms with E-state index in [9.17, 15) is 30.0 Å². The summed E-state index contributed by atoms with van der Waals surface area (Å²) in [6.45, 7) is 0. The molecule has 2 atom stereocenters. The standard InChI is InChI=1S/C20H20F3NO5S2/c21-20(22,23)29-16-8-10-18(11-9-16)31(27,28)24-14-6-7-15(24)13-19(12-14)30(25,26)17-4-2-1-3-5-17/h1-5,8-11,14-15,19H,6-7,12-13H2. The molecule has 2 aromatic rings. The lowest BCUT2D eigenvalue weighted by Crippen LogP contribution is -2.49. The van der Waals surface area contributed by atoms with E-state index in [0.29, 0.717) is 12.8 Å². The quantitative estimate of drug-likeness (QED) is 0.658. The lowest BCUT2D eigenvalue weighted by Gasteiger charge is -2.37. The van der Waals surface area contributed by atoms with Crippen LogP contribution in [0.4, 0.5) is 13.2 Å². The van der Waals surface area contributed by atoms with E-state index in [1.807, 2.05) is 0 Å². The number of hydrogen-bond donors (Lipinski definition) is 0. The van der Waals surface area contributed by atoms with Crippen molar-refractivity contribution in [1.29, 1.82) is 0 Å². The Morgan fingerprint density at radius 3 is 1.87 bits per heavy atom. The van der Waals surface area contributed by atoms with Gasteiger partial charge in [0.05, 0.1) is 15.0 Å². The SMILES string of the molecule is O=S(=O)(c1ccccc1)C1CC2CCC(C1)N2S(=O)(=O)c1ccc(OC(F)(F)F)cc1. The first-order valence-corrected chi connectivity index (χ1v) is 12.7. The van der Waals surface area contributed by atoms with Gasteiger partial charge in [0.15, 0.2) is 9.84 Å². The Bertz CT molecular complexity index is 1140. The predicted molar refractivity (Wildman–Crippen MR) is 106 cm³/mol. The fourth-order valence-corrected chi connectivity index (χ4v) is 8.23. The van der Waals surface area contributed by atoms with E-state index in [1.54, 1.807) is 18.2 Å². The molecule has 2 aliphatic heterocycles. The van der Waals surface area contributed by atoms with Crippen molar-refractivity contribution in [2.45, 2.75) is 59.2 Å². The normalized spacial score (nSPS) is 24.8. The summed E-state index contributed by atoms with van der Waals surface area (Å²) in [6.07, 6.45) is -3.42. The highest BCUT2D eigenvalue weighted by molar-refractivity contribution is 7.92. The third kappa shape index (κ3) is 4.31. The van der Waals surface area contributed by atoms with Gasteiger partial charge in [0.2, 0.25) is 10.0 Å². The zero-order chi connectivity index (χ0) is 22.4. The monoisotopic (exact) mass is 475 g/mol. The zero-order valence-corrected chi connectivity index (χ0v) is 17.8. The van der Waals surface area contributed by atoms with Gasteiger partial charge in [-0.25, -0.2) is 16.8 Å². The van der Waals surface area contributed by atoms with Crippen molar-refractivity contribution in [2.75, 3.05) is 0 Å². The topological polar surface area (TPSA) is 80.8 Å². The summed E-state index contributed by atoms with van der Waals surface area (Å²) in [7, 11) is -7.58. The highest BCUT2D eigenvalue weighted by Gasteiger charge is 2.50. The maximum absolute atomic E-state index is 13.2. The third-order valence-electron chi connectivity index (χ3n) is 5.77. The molecule has 11 heteroatoms. The second-order valence-corrected chi connectivity index (χ2v) is 11.8. The van der Waals surface area contributed by atoms with Gasteiger partial charge in [-0.1, -0.05) is 18.2 Å². The first kappa shape index (κ1) is 22.1. The van der Waals surface area contributed by atoms with Gasteiger partial charge in [0.1, 0.15) is 5.75 Å². The minimum Gasteiger partial charge on any atom is -0.406 e. The summed E-state index contributed by atoms with van der Waals surface area (Å²) in [5.41, 5.74) is 0. The van der Waals surface area contributed by atoms with Crippen molar-refractivity contribution in [1.82, 2.24) is 4.31 Å². The Hall–Kier alpha value is -2.11. The molecule has 0 aliphatic carbocycles. The van der Waals surface area contributed by atoms with Crippen LogP contribution in [0.1, 0.15) is 25.7 Å². The van der Waals surface area contributed by atoms with Crippen molar-refractivity contribution >= 4 is 19.9 Å². The summed E-state index contributed by atoms with van der Waals surface area (Å²) in [5.74, 6) is -0.512. The first-order chi connectivity index (χ1) is 14.5. The fourth-order valence-electron chi connectivity index (χ4n) is 4.47. The van der Waals surface area contributed by atoms with Crippen LogP contribution in [0.5, 0.6) is 5.75 Å². The Labute approximate surface area is 178 Å². The summed E-state index contributed by atoms with van der Waals surface area (Å²) in [4.78, 5) is 0.0688. The van der Waals surface area contributed by atoms with Crippen molar-refractivity contribution in [3.05, 3.63) is 54.6 Å². The molecule has 0 saturated carbocycles. The molecule has 2 unspecified atom stereocenters. The molecule has 0 amide bonds. The summed E-state index contributed by atoms with van der Waals surface area (Å²) in [5, 5.41) is -0.679. The molecule has 0 aromatic heterocycles. The van der Waals surface area contributed by atoms with E-state index in [0.717, 1.165) is 24.3 Å². The maximum atomic E-state index is 13.2. The molecule has 2 saturated heterocycles. The van der Waals surface area contributed by atoms with Crippen LogP contribution in [0.3, 0.4) is 0 Å². The van der Waals surface area contributed by atoms with Crippen molar-refractivity contribution in [2.24, 2.45) is 0 Å². The van der Waals surface area contributed by atoms with Gasteiger partial charge in [-0.2, -0.15) is 4.31 Å². The van der Waals surface area contributed by atoms with E-state index in [4.69, 9.17) is 0 Å². The Balaban J connectivity index is 1.56. The summed E-state index contributed by atoms with van der Waals surface area (Å²) < 4.78 is 94.5. The van der Waals surface area contributed by atoms with Gasteiger partial charge < -0.3 is 4.74 Å². The highest BCUT2D eigenvalue weighted by Crippen LogP contribution is 2.43. The third-order valence-corrected chi connectivity index (χ3v) is 9.98. The van der Waals surface area contributed by atoms with Gasteiger partial charge in [-0.15, -0.1) is 13.2 Å². The van der Waals surface area contributed by atoms with Crippen LogP contribution >= 0.6 is 0 Å². The van der Waals surface area contributed by atoms with E-state index in [2.05, 4.69) is 4.74 Å². The number of benzene rings is 2. The molecular weight excluding hydrogens is 455 g/mol. The lowest BCUT2D eigenvalue weighted by molar-refractivity contribution is -0.274. The minimum atomic E-state index is -4.87. The van der Waals surface area contributed by atoms with Crippen molar-refractivity contribution in [3.63, 3.8) is 0 Å². The number of rotatable bonds is 5. The molecule has 2 bridgehead atoms. The van der Waals surface area contributed by atoms with Crippen LogP contribution in [-0.2, 0) is 19.9 Å². The molecule has 2 aliphatic rings. The van der Waals surface area contributed by atoms with E-state index < -0.39 is 49.3 Å². The molecule has 0 N–H and O–H groups in total. The molecule has 0 spiro atoms. The number of hydrogen-bond acceptors (Lipinski definition) is 5. The smallest absolute Gasteiger partial charge is 0.406 e. The average Bonchev–Trinajstić information content (AvgIpc) is 2.99. The number of fused-ring (bicyclic) bond motifs is 2. The molecule has 2 fully saturated rings. The van der Waals surface area contributed by atoms with Crippen LogP contribution in [-0.4, -0.2) is 44.8 Å². The molecule has 4 rings (SSSR count). The largest absolute Gasteiger partial charge is 0.573 e. The maximum Gasteiger partial charge on any atom is 0.573 e. The summed E-state index contributed by atoms with van der Waals surface area (Å²) >= 11 is 0. The number of ether oxygens (including phenoxy) is 1. The molecule has 2 aromatic carbocycles. The fraction of sp³-hybridized carbons (Fsp3) is 0.400. The molecule has 31 heavy (non-hydrogen) atoms. The Morgan fingerprint density at radius 2 is 1.35 bits per heavy atom. The van der Waals surface area contributed by atoms with E-state index in [1.165, 1.54) is 16.4 Å². The van der Waals surface area contributed by atoms with Crippen molar-refractivity contribution < 1.29 is 34.7 Å². The van der Waals surface area contributed by atoms with Gasteiger partial charge in [-0.3, -0.25) is 0 Å². The number of sulfonamides is 1. The van der Waals surface area contributed by atoms with Crippen molar-refractivity contribution in [3.8, 4) is 5.75 Å². The number of halogens is 3. The van der Waals surface area contributed by atoms with Gasteiger partial charge in [-0.05, 0) is 62.1 Å². The minimum absolute atomic E-state index is 0.150. The van der Waals surface area contributed by atoms with Crippen LogP contribution in [0, 0.1) is 0 Å². The average molecular weight is 476 g/mol. The Kier molecular flexibility index (Phi) is 5.55. The van der Waals surface area contributed by atoms with Crippen LogP contribution < -0.4 is 4.74 Å². The van der Waals surface area contributed by atoms with Gasteiger partial charge in [0.25, 0.3) is 0 Å². The molecule has 6 nitrogen and oxygen atoms in total. The predicted octanol–water partition coefficient (Wildman–Crippen LogP) is 3.74. The highest BCUT2D eigenvalue weighted by atomic mass is 32.2. The van der Waals surface area contributed by atoms with Crippen LogP contribution in [0.25, 0.3) is 0 Å². The van der Waals surface area contributed by atoms with E-state index >= 15 is 0 Å². The van der Waals surface area contributed by atoms with E-state index in [-0.39, 0.29) is 22.6 Å². The van der Waals surface area contributed by atoms with Crippen LogP contribution in [0.2, 0.25) is 0 Å².